The molecule has 1 aliphatic rings. The monoisotopic (exact) mass is 582 g/mol. The van der Waals surface area contributed by atoms with E-state index in [-0.39, 0.29) is 18.4 Å². The van der Waals surface area contributed by atoms with E-state index in [9.17, 15) is 9.59 Å². The summed E-state index contributed by atoms with van der Waals surface area (Å²) in [5, 5.41) is 0. The summed E-state index contributed by atoms with van der Waals surface area (Å²) >= 11 is 0. The Morgan fingerprint density at radius 2 is 1.18 bits per heavy atom. The first-order valence-corrected chi connectivity index (χ1v) is 14.6. The van der Waals surface area contributed by atoms with Crippen molar-refractivity contribution < 1.29 is 19.1 Å². The van der Waals surface area contributed by atoms with Crippen molar-refractivity contribution in [2.75, 3.05) is 14.2 Å². The van der Waals surface area contributed by atoms with Crippen LogP contribution in [0.25, 0.3) is 0 Å². The first-order chi connectivity index (χ1) is 21.6. The van der Waals surface area contributed by atoms with Crippen LogP contribution < -0.4 is 9.47 Å². The van der Waals surface area contributed by atoms with E-state index in [1.165, 1.54) is 0 Å². The summed E-state index contributed by atoms with van der Waals surface area (Å²) in [5.74, 6) is 1.12. The third kappa shape index (κ3) is 5.20. The molecule has 0 spiro atoms. The summed E-state index contributed by atoms with van der Waals surface area (Å²) in [4.78, 5) is 33.3. The average molecular weight is 583 g/mol. The number of amides is 2. The minimum absolute atomic E-state index is 0.133. The minimum atomic E-state index is -1.30. The maximum Gasteiger partial charge on any atom is 0.256 e. The highest BCUT2D eigenvalue weighted by molar-refractivity contribution is 6.03. The third-order valence-corrected chi connectivity index (χ3v) is 8.33. The van der Waals surface area contributed by atoms with Crippen LogP contribution in [0.2, 0.25) is 0 Å². The average Bonchev–Trinajstić information content (AvgIpc) is 3.10. The van der Waals surface area contributed by atoms with Crippen molar-refractivity contribution in [3.63, 3.8) is 0 Å². The van der Waals surface area contributed by atoms with Crippen molar-refractivity contribution in [2.45, 2.75) is 24.7 Å². The maximum atomic E-state index is 15.0. The van der Waals surface area contributed by atoms with Crippen molar-refractivity contribution >= 4 is 11.8 Å². The lowest BCUT2D eigenvalue weighted by atomic mass is 9.68. The normalized spacial score (nSPS) is 17.5. The number of carbonyl (C=O) groups excluding carboxylic acids is 2. The summed E-state index contributed by atoms with van der Waals surface area (Å²) in [7, 11) is 3.26. The molecule has 0 bridgehead atoms. The predicted octanol–water partition coefficient (Wildman–Crippen LogP) is 7.03. The summed E-state index contributed by atoms with van der Waals surface area (Å²) in [5.41, 5.74) is 2.79. The van der Waals surface area contributed by atoms with E-state index in [1.54, 1.807) is 31.3 Å². The molecule has 0 aromatic heterocycles. The van der Waals surface area contributed by atoms with E-state index in [1.807, 2.05) is 132 Å². The second-order valence-electron chi connectivity index (χ2n) is 10.8. The van der Waals surface area contributed by atoms with Gasteiger partial charge in [-0.25, -0.2) is 0 Å². The molecule has 0 saturated carbocycles. The number of β-lactam (4-membered cyclic amide) rings is 1. The van der Waals surface area contributed by atoms with Gasteiger partial charge < -0.3 is 19.3 Å². The number of ether oxygens (including phenoxy) is 2. The highest BCUT2D eigenvalue weighted by atomic mass is 16.5. The Hall–Kier alpha value is -5.36. The van der Waals surface area contributed by atoms with Crippen molar-refractivity contribution in [1.82, 2.24) is 9.80 Å². The number of likely N-dealkylation sites (tertiary alicyclic amines) is 1. The molecule has 0 radical (unpaired) electrons. The molecule has 5 aromatic carbocycles. The number of rotatable bonds is 10. The molecular formula is C38H34N2O4. The van der Waals surface area contributed by atoms with Crippen LogP contribution in [0.3, 0.4) is 0 Å². The lowest BCUT2D eigenvalue weighted by Crippen LogP contribution is -2.73. The quantitative estimate of drug-likeness (QED) is 0.166. The van der Waals surface area contributed by atoms with Gasteiger partial charge in [-0.3, -0.25) is 9.59 Å². The largest absolute Gasteiger partial charge is 0.497 e. The van der Waals surface area contributed by atoms with E-state index in [4.69, 9.17) is 9.47 Å². The van der Waals surface area contributed by atoms with Crippen LogP contribution in [-0.4, -0.2) is 35.8 Å². The number of hydrogen-bond acceptors (Lipinski definition) is 4. The Morgan fingerprint density at radius 3 is 1.73 bits per heavy atom. The molecule has 1 heterocycles. The zero-order valence-corrected chi connectivity index (χ0v) is 24.8. The Labute approximate surface area is 258 Å². The lowest BCUT2D eigenvalue weighted by Gasteiger charge is -2.60. The highest BCUT2D eigenvalue weighted by Crippen LogP contribution is 2.55. The van der Waals surface area contributed by atoms with Gasteiger partial charge in [-0.05, 0) is 58.7 Å². The van der Waals surface area contributed by atoms with E-state index < -0.39 is 11.6 Å². The molecule has 0 aliphatic carbocycles. The van der Waals surface area contributed by atoms with Gasteiger partial charge in [0.05, 0.1) is 20.3 Å². The molecule has 6 rings (SSSR count). The van der Waals surface area contributed by atoms with Gasteiger partial charge >= 0.3 is 0 Å². The van der Waals surface area contributed by atoms with Gasteiger partial charge in [-0.15, -0.1) is 0 Å². The van der Waals surface area contributed by atoms with Crippen molar-refractivity contribution in [1.29, 1.82) is 0 Å². The van der Waals surface area contributed by atoms with Crippen LogP contribution in [0.4, 0.5) is 0 Å². The van der Waals surface area contributed by atoms with E-state index in [2.05, 4.69) is 0 Å². The minimum Gasteiger partial charge on any atom is -0.497 e. The zero-order chi connectivity index (χ0) is 30.5. The summed E-state index contributed by atoms with van der Waals surface area (Å²) < 4.78 is 10.7. The Kier molecular flexibility index (Phi) is 8.15. The molecule has 2 amide bonds. The van der Waals surface area contributed by atoms with Gasteiger partial charge in [0.15, 0.2) is 5.54 Å². The smallest absolute Gasteiger partial charge is 0.256 e. The second-order valence-corrected chi connectivity index (χ2v) is 10.8. The second kappa shape index (κ2) is 12.5. The van der Waals surface area contributed by atoms with Crippen LogP contribution in [0.1, 0.15) is 38.7 Å². The molecular weight excluding hydrogens is 548 g/mol. The molecule has 1 aliphatic heterocycles. The van der Waals surface area contributed by atoms with Gasteiger partial charge in [-0.2, -0.15) is 0 Å². The van der Waals surface area contributed by atoms with Gasteiger partial charge in [0, 0.05) is 18.7 Å². The lowest BCUT2D eigenvalue weighted by molar-refractivity contribution is -0.179. The van der Waals surface area contributed by atoms with Crippen LogP contribution in [0.15, 0.2) is 140 Å². The molecule has 1 saturated heterocycles. The molecule has 1 fully saturated rings. The van der Waals surface area contributed by atoms with E-state index in [0.717, 1.165) is 33.8 Å². The number of nitrogens with zero attached hydrogens (tertiary/aromatic N) is 2. The molecule has 2 unspecified atom stereocenters. The van der Waals surface area contributed by atoms with Crippen LogP contribution in [0, 0.1) is 0 Å². The molecule has 0 N–H and O–H groups in total. The highest BCUT2D eigenvalue weighted by Gasteiger charge is 2.66. The fourth-order valence-electron chi connectivity index (χ4n) is 6.16. The standard InChI is InChI=1S/C38H34N2O4/c1-43-33-22-18-28(19-23-33)26-39-35(30-12-6-3-7-13-30)38(37(39)42,32-16-10-5-11-17-32)40(36(41)31-14-8-4-9-15-31)27-29-20-24-34(44-2)25-21-29/h3-25,35H,26-27H2,1-2H3. The van der Waals surface area contributed by atoms with E-state index >= 15 is 0 Å². The SMILES string of the molecule is COc1ccc(CN2C(=O)C(c3ccccc3)(N(Cc3ccc(OC)cc3)C(=O)c3ccccc3)C2c2ccccc2)cc1. The first-order valence-electron chi connectivity index (χ1n) is 14.6. The Bertz CT molecular complexity index is 1710. The topological polar surface area (TPSA) is 59.1 Å². The van der Waals surface area contributed by atoms with Gasteiger partial charge in [0.1, 0.15) is 11.5 Å². The van der Waals surface area contributed by atoms with Crippen molar-refractivity contribution in [3.05, 3.63) is 167 Å². The summed E-state index contributed by atoms with van der Waals surface area (Å²) in [6.07, 6.45) is 0. The fourth-order valence-corrected chi connectivity index (χ4v) is 6.16. The summed E-state index contributed by atoms with van der Waals surface area (Å²) in [6, 6.07) is 43.8. The number of hydrogen-bond donors (Lipinski definition) is 0. The zero-order valence-electron chi connectivity index (χ0n) is 24.8. The number of carbonyl (C=O) groups is 2. The van der Waals surface area contributed by atoms with Gasteiger partial charge in [-0.1, -0.05) is 103 Å². The van der Waals surface area contributed by atoms with Crippen LogP contribution in [-0.2, 0) is 23.4 Å². The predicted molar refractivity (Wildman–Crippen MR) is 170 cm³/mol. The Morgan fingerprint density at radius 1 is 0.682 bits per heavy atom. The fraction of sp³-hybridized carbons (Fsp3) is 0.158. The van der Waals surface area contributed by atoms with Crippen LogP contribution >= 0.6 is 0 Å². The molecule has 2 atom stereocenters. The Balaban J connectivity index is 1.54. The van der Waals surface area contributed by atoms with Gasteiger partial charge in [0.25, 0.3) is 11.8 Å². The molecule has 6 nitrogen and oxygen atoms in total. The van der Waals surface area contributed by atoms with Gasteiger partial charge in [0.2, 0.25) is 0 Å². The van der Waals surface area contributed by atoms with Crippen LogP contribution in [0.5, 0.6) is 11.5 Å². The molecule has 6 heteroatoms. The first kappa shape index (κ1) is 28.7. The molecule has 220 valence electrons. The molecule has 44 heavy (non-hydrogen) atoms. The molecule has 5 aromatic rings. The van der Waals surface area contributed by atoms with Crippen molar-refractivity contribution in [2.24, 2.45) is 0 Å². The maximum absolute atomic E-state index is 15.0. The number of benzene rings is 5. The van der Waals surface area contributed by atoms with E-state index in [0.29, 0.717) is 12.1 Å². The summed E-state index contributed by atoms with van der Waals surface area (Å²) in [6.45, 7) is 0.602. The van der Waals surface area contributed by atoms with Crippen molar-refractivity contribution in [3.8, 4) is 11.5 Å². The number of methoxy groups -OCH3 is 2. The third-order valence-electron chi connectivity index (χ3n) is 8.33.